The van der Waals surface area contributed by atoms with Crippen LogP contribution in [-0.4, -0.2) is 61.3 Å². The van der Waals surface area contributed by atoms with E-state index in [9.17, 15) is 0 Å². The van der Waals surface area contributed by atoms with Crippen LogP contribution in [0.2, 0.25) is 0 Å². The minimum absolute atomic E-state index is 0.559. The van der Waals surface area contributed by atoms with Gasteiger partial charge in [-0.3, -0.25) is 0 Å². The Kier molecular flexibility index (Phi) is 3.69. The summed E-state index contributed by atoms with van der Waals surface area (Å²) in [5.41, 5.74) is 0.845. The van der Waals surface area contributed by atoms with E-state index < -0.39 is 0 Å². The van der Waals surface area contributed by atoms with Crippen molar-refractivity contribution in [3.63, 3.8) is 0 Å². The molecule has 0 unspecified atom stereocenters. The van der Waals surface area contributed by atoms with Crippen LogP contribution in [0.15, 0.2) is 18.5 Å². The van der Waals surface area contributed by atoms with Crippen LogP contribution < -0.4 is 14.4 Å². The molecular weight excluding hydrogens is 292 g/mol. The minimum Gasteiger partial charge on any atom is -0.497 e. The van der Waals surface area contributed by atoms with Gasteiger partial charge < -0.3 is 19.3 Å². The van der Waals surface area contributed by atoms with Crippen molar-refractivity contribution in [2.45, 2.75) is 18.9 Å². The van der Waals surface area contributed by atoms with Crippen LogP contribution in [0.5, 0.6) is 11.5 Å². The maximum atomic E-state index is 5.50. The molecule has 6 heteroatoms. The van der Waals surface area contributed by atoms with Gasteiger partial charge >= 0.3 is 0 Å². The normalized spacial score (nSPS) is 23.8. The number of ether oxygens (including phenoxy) is 2. The van der Waals surface area contributed by atoms with E-state index in [-0.39, 0.29) is 0 Å². The minimum atomic E-state index is 0.559. The lowest BCUT2D eigenvalue weighted by molar-refractivity contribution is 0.250. The van der Waals surface area contributed by atoms with E-state index in [0.29, 0.717) is 6.04 Å². The van der Waals surface area contributed by atoms with Crippen molar-refractivity contribution in [2.75, 3.05) is 45.3 Å². The van der Waals surface area contributed by atoms with E-state index in [4.69, 9.17) is 9.47 Å². The number of hydrogen-bond acceptors (Lipinski definition) is 6. The van der Waals surface area contributed by atoms with Crippen LogP contribution in [0.4, 0.5) is 5.82 Å². The van der Waals surface area contributed by atoms with Gasteiger partial charge in [-0.25, -0.2) is 9.97 Å². The second-order valence-corrected chi connectivity index (χ2v) is 6.19. The fourth-order valence-electron chi connectivity index (χ4n) is 3.76. The quantitative estimate of drug-likeness (QED) is 0.863. The molecule has 0 radical (unpaired) electrons. The van der Waals surface area contributed by atoms with E-state index in [1.807, 2.05) is 12.1 Å². The topological polar surface area (TPSA) is 50.7 Å². The van der Waals surface area contributed by atoms with Crippen LogP contribution in [0.1, 0.15) is 12.8 Å². The van der Waals surface area contributed by atoms with E-state index in [1.54, 1.807) is 20.5 Å². The summed E-state index contributed by atoms with van der Waals surface area (Å²) in [6, 6.07) is 4.45. The zero-order chi connectivity index (χ0) is 15.8. The fraction of sp³-hybridized carbons (Fsp3) is 0.529. The van der Waals surface area contributed by atoms with Crippen molar-refractivity contribution in [3.05, 3.63) is 18.5 Å². The van der Waals surface area contributed by atoms with Gasteiger partial charge in [0.25, 0.3) is 0 Å². The van der Waals surface area contributed by atoms with Crippen molar-refractivity contribution in [1.82, 2.24) is 14.9 Å². The summed E-state index contributed by atoms with van der Waals surface area (Å²) >= 11 is 0. The molecule has 5 rings (SSSR count). The molecule has 3 aliphatic rings. The van der Waals surface area contributed by atoms with Crippen molar-refractivity contribution >= 4 is 16.7 Å². The average molecular weight is 314 g/mol. The molecule has 0 aliphatic carbocycles. The first kappa shape index (κ1) is 14.5. The summed E-state index contributed by atoms with van der Waals surface area (Å²) in [5, 5.41) is 1.00. The Morgan fingerprint density at radius 1 is 1.00 bits per heavy atom. The maximum Gasteiger partial charge on any atom is 0.148 e. The third-order valence-electron chi connectivity index (χ3n) is 5.04. The van der Waals surface area contributed by atoms with Gasteiger partial charge in [0.1, 0.15) is 29.2 Å². The first-order valence-electron chi connectivity index (χ1n) is 8.16. The molecule has 0 saturated carbocycles. The van der Waals surface area contributed by atoms with Gasteiger partial charge in [0.15, 0.2) is 0 Å². The molecule has 3 saturated heterocycles. The van der Waals surface area contributed by atoms with Crippen molar-refractivity contribution in [1.29, 1.82) is 0 Å². The van der Waals surface area contributed by atoms with Crippen LogP contribution in [0.25, 0.3) is 10.9 Å². The first-order chi connectivity index (χ1) is 11.3. The number of nitrogens with zero attached hydrogens (tertiary/aromatic N) is 4. The molecule has 2 aromatic rings. The lowest BCUT2D eigenvalue weighted by Crippen LogP contribution is -2.38. The Hall–Kier alpha value is -2.08. The summed E-state index contributed by atoms with van der Waals surface area (Å²) in [7, 11) is 3.33. The summed E-state index contributed by atoms with van der Waals surface area (Å²) in [6.07, 6.45) is 4.05. The molecule has 3 fully saturated rings. The number of fused-ring (bicyclic) bond motifs is 5. The van der Waals surface area contributed by atoms with Gasteiger partial charge in [0.2, 0.25) is 0 Å². The van der Waals surface area contributed by atoms with Crippen molar-refractivity contribution in [3.8, 4) is 11.5 Å². The zero-order valence-corrected chi connectivity index (χ0v) is 13.7. The largest absolute Gasteiger partial charge is 0.497 e. The number of hydrogen-bond donors (Lipinski definition) is 0. The Bertz CT molecular complexity index is 713. The third kappa shape index (κ3) is 2.47. The monoisotopic (exact) mass is 314 g/mol. The molecule has 122 valence electrons. The second kappa shape index (κ2) is 5.85. The summed E-state index contributed by atoms with van der Waals surface area (Å²) in [5.74, 6) is 2.50. The molecule has 4 heterocycles. The number of rotatable bonds is 3. The van der Waals surface area contributed by atoms with Gasteiger partial charge in [-0.1, -0.05) is 0 Å². The second-order valence-electron chi connectivity index (χ2n) is 6.19. The highest BCUT2D eigenvalue weighted by Gasteiger charge is 2.31. The number of anilines is 1. The summed E-state index contributed by atoms with van der Waals surface area (Å²) in [4.78, 5) is 14.1. The molecule has 0 amide bonds. The predicted octanol–water partition coefficient (Wildman–Crippen LogP) is 1.93. The smallest absolute Gasteiger partial charge is 0.148 e. The van der Waals surface area contributed by atoms with Crippen molar-refractivity contribution in [2.24, 2.45) is 0 Å². The van der Waals surface area contributed by atoms with Gasteiger partial charge in [0.05, 0.1) is 19.6 Å². The Morgan fingerprint density at radius 3 is 2.57 bits per heavy atom. The van der Waals surface area contributed by atoms with Crippen LogP contribution >= 0.6 is 0 Å². The predicted molar refractivity (Wildman–Crippen MR) is 89.5 cm³/mol. The molecule has 0 spiro atoms. The van der Waals surface area contributed by atoms with Crippen LogP contribution in [0.3, 0.4) is 0 Å². The van der Waals surface area contributed by atoms with Gasteiger partial charge in [-0.2, -0.15) is 0 Å². The standard InChI is InChI=1S/C17H22N4O2/c1-22-13-9-14-16(15(10-13)23-2)18-11-19-17(14)21-8-7-20-5-3-12(21)4-6-20/h9-12H,3-8H2,1-2H3. The van der Waals surface area contributed by atoms with Gasteiger partial charge in [0, 0.05) is 38.3 Å². The average Bonchev–Trinajstić information content (AvgIpc) is 2.94. The maximum absolute atomic E-state index is 5.50. The Labute approximate surface area is 136 Å². The Balaban J connectivity index is 1.86. The lowest BCUT2D eigenvalue weighted by Gasteiger charge is -2.32. The summed E-state index contributed by atoms with van der Waals surface area (Å²) in [6.45, 7) is 4.49. The number of aromatic nitrogens is 2. The molecule has 3 aliphatic heterocycles. The molecule has 1 aromatic heterocycles. The molecule has 23 heavy (non-hydrogen) atoms. The van der Waals surface area contributed by atoms with Gasteiger partial charge in [-0.15, -0.1) is 0 Å². The highest BCUT2D eigenvalue weighted by molar-refractivity contribution is 5.94. The molecular formula is C17H22N4O2. The molecule has 0 N–H and O–H groups in total. The van der Waals surface area contributed by atoms with E-state index >= 15 is 0 Å². The molecule has 6 nitrogen and oxygen atoms in total. The van der Waals surface area contributed by atoms with Gasteiger partial charge in [-0.05, 0) is 18.9 Å². The highest BCUT2D eigenvalue weighted by Crippen LogP contribution is 2.36. The first-order valence-corrected chi connectivity index (χ1v) is 8.16. The van der Waals surface area contributed by atoms with E-state index in [1.165, 1.54) is 25.9 Å². The van der Waals surface area contributed by atoms with Crippen LogP contribution in [-0.2, 0) is 0 Å². The van der Waals surface area contributed by atoms with Crippen LogP contribution in [0, 0.1) is 0 Å². The fourth-order valence-corrected chi connectivity index (χ4v) is 3.76. The molecule has 0 atom stereocenters. The van der Waals surface area contributed by atoms with Crippen molar-refractivity contribution < 1.29 is 9.47 Å². The Morgan fingerprint density at radius 2 is 1.83 bits per heavy atom. The number of benzene rings is 1. The molecule has 1 aromatic carbocycles. The number of piperidine rings is 1. The van der Waals surface area contributed by atoms with E-state index in [2.05, 4.69) is 19.8 Å². The zero-order valence-electron chi connectivity index (χ0n) is 13.7. The molecule has 2 bridgehead atoms. The third-order valence-corrected chi connectivity index (χ3v) is 5.04. The van der Waals surface area contributed by atoms with E-state index in [0.717, 1.165) is 41.3 Å². The SMILES string of the molecule is COc1cc(OC)c2ncnc(N3CCN4CCC3CC4)c2c1. The number of methoxy groups -OCH3 is 2. The lowest BCUT2D eigenvalue weighted by atomic mass is 10.0. The highest BCUT2D eigenvalue weighted by atomic mass is 16.5. The summed E-state index contributed by atoms with van der Waals surface area (Å²) < 4.78 is 10.9.